The first-order chi connectivity index (χ1) is 10.1. The molecule has 4 nitrogen and oxygen atoms in total. The fourth-order valence-electron chi connectivity index (χ4n) is 2.24. The molecule has 21 heavy (non-hydrogen) atoms. The molecule has 0 unspecified atom stereocenters. The highest BCUT2D eigenvalue weighted by Crippen LogP contribution is 2.20. The number of rotatable bonds is 3. The molecular formula is C16H14ClN3O. The van der Waals surface area contributed by atoms with Gasteiger partial charge in [0.15, 0.2) is 0 Å². The van der Waals surface area contributed by atoms with Crippen LogP contribution in [0.4, 0.5) is 5.82 Å². The van der Waals surface area contributed by atoms with Crippen molar-refractivity contribution in [3.63, 3.8) is 0 Å². The van der Waals surface area contributed by atoms with Crippen LogP contribution in [0.25, 0.3) is 10.9 Å². The van der Waals surface area contributed by atoms with Gasteiger partial charge in [-0.2, -0.15) is 0 Å². The second-order valence-corrected chi connectivity index (χ2v) is 5.30. The highest BCUT2D eigenvalue weighted by atomic mass is 35.5. The highest BCUT2D eigenvalue weighted by molar-refractivity contribution is 6.31. The molecule has 1 N–H and O–H groups in total. The van der Waals surface area contributed by atoms with Crippen molar-refractivity contribution < 1.29 is 4.79 Å². The number of halogens is 1. The summed E-state index contributed by atoms with van der Waals surface area (Å²) in [6.07, 6.45) is 3.54. The van der Waals surface area contributed by atoms with E-state index in [2.05, 4.69) is 10.3 Å². The predicted octanol–water partition coefficient (Wildman–Crippen LogP) is 3.64. The smallest absolute Gasteiger partial charge is 0.245 e. The SMILES string of the molecule is Cc1cccnc1NC(=O)Cn1ccc2ccc(Cl)cc21. The van der Waals surface area contributed by atoms with E-state index in [0.29, 0.717) is 10.8 Å². The maximum absolute atomic E-state index is 12.2. The lowest BCUT2D eigenvalue weighted by molar-refractivity contribution is -0.116. The molecule has 0 spiro atoms. The van der Waals surface area contributed by atoms with Gasteiger partial charge >= 0.3 is 0 Å². The molecule has 0 aliphatic rings. The largest absolute Gasteiger partial charge is 0.338 e. The van der Waals surface area contributed by atoms with Crippen LogP contribution in [0.2, 0.25) is 5.02 Å². The molecule has 3 rings (SSSR count). The summed E-state index contributed by atoms with van der Waals surface area (Å²) < 4.78 is 1.87. The van der Waals surface area contributed by atoms with E-state index in [1.54, 1.807) is 6.20 Å². The summed E-state index contributed by atoms with van der Waals surface area (Å²) in [7, 11) is 0. The summed E-state index contributed by atoms with van der Waals surface area (Å²) in [4.78, 5) is 16.3. The number of aryl methyl sites for hydroxylation is 1. The molecule has 0 fully saturated rings. The summed E-state index contributed by atoms with van der Waals surface area (Å²) in [5, 5.41) is 4.54. The number of pyridine rings is 1. The molecule has 0 saturated heterocycles. The number of anilines is 1. The Hall–Kier alpha value is -2.33. The van der Waals surface area contributed by atoms with Crippen molar-refractivity contribution in [3.8, 4) is 0 Å². The van der Waals surface area contributed by atoms with Crippen LogP contribution < -0.4 is 5.32 Å². The fraction of sp³-hybridized carbons (Fsp3) is 0.125. The lowest BCUT2D eigenvalue weighted by Gasteiger charge is -2.08. The van der Waals surface area contributed by atoms with Gasteiger partial charge in [-0.05, 0) is 42.1 Å². The Bertz CT molecular complexity index is 810. The van der Waals surface area contributed by atoms with Crippen LogP contribution in [-0.4, -0.2) is 15.5 Å². The van der Waals surface area contributed by atoms with Gasteiger partial charge in [-0.1, -0.05) is 23.7 Å². The minimum atomic E-state index is -0.116. The number of fused-ring (bicyclic) bond motifs is 1. The molecule has 1 amide bonds. The van der Waals surface area contributed by atoms with Gasteiger partial charge < -0.3 is 9.88 Å². The number of benzene rings is 1. The molecule has 3 aromatic rings. The Kier molecular flexibility index (Phi) is 3.62. The first-order valence-electron chi connectivity index (χ1n) is 6.59. The lowest BCUT2D eigenvalue weighted by atomic mass is 10.2. The van der Waals surface area contributed by atoms with Crippen molar-refractivity contribution in [2.24, 2.45) is 0 Å². The third kappa shape index (κ3) is 2.90. The van der Waals surface area contributed by atoms with E-state index in [9.17, 15) is 4.79 Å². The van der Waals surface area contributed by atoms with Gasteiger partial charge in [-0.25, -0.2) is 4.98 Å². The van der Waals surface area contributed by atoms with Crippen molar-refractivity contribution in [1.29, 1.82) is 0 Å². The van der Waals surface area contributed by atoms with Gasteiger partial charge in [0.05, 0.1) is 0 Å². The molecular weight excluding hydrogens is 286 g/mol. The molecule has 0 radical (unpaired) electrons. The number of nitrogens with one attached hydrogen (secondary N) is 1. The summed E-state index contributed by atoms with van der Waals surface area (Å²) in [6, 6.07) is 11.3. The number of carbonyl (C=O) groups is 1. The minimum Gasteiger partial charge on any atom is -0.338 e. The van der Waals surface area contributed by atoms with E-state index in [0.717, 1.165) is 16.5 Å². The number of carbonyl (C=O) groups excluding carboxylic acids is 1. The standard InChI is InChI=1S/C16H14ClN3O/c1-11-3-2-7-18-16(11)19-15(21)10-20-8-6-12-4-5-13(17)9-14(12)20/h2-9H,10H2,1H3,(H,18,19,21). The minimum absolute atomic E-state index is 0.116. The highest BCUT2D eigenvalue weighted by Gasteiger charge is 2.08. The summed E-state index contributed by atoms with van der Waals surface area (Å²) in [5.41, 5.74) is 1.88. The summed E-state index contributed by atoms with van der Waals surface area (Å²) in [5.74, 6) is 0.478. The quantitative estimate of drug-likeness (QED) is 0.802. The Balaban J connectivity index is 1.80. The van der Waals surface area contributed by atoms with E-state index in [4.69, 9.17) is 11.6 Å². The third-order valence-electron chi connectivity index (χ3n) is 3.32. The van der Waals surface area contributed by atoms with Gasteiger partial charge in [-0.15, -0.1) is 0 Å². The first-order valence-corrected chi connectivity index (χ1v) is 6.97. The average Bonchev–Trinajstić information content (AvgIpc) is 2.84. The van der Waals surface area contributed by atoms with Gasteiger partial charge in [0.2, 0.25) is 5.91 Å². The van der Waals surface area contributed by atoms with E-state index in [-0.39, 0.29) is 12.5 Å². The van der Waals surface area contributed by atoms with Crippen LogP contribution in [0, 0.1) is 6.92 Å². The summed E-state index contributed by atoms with van der Waals surface area (Å²) in [6.45, 7) is 2.13. The van der Waals surface area contributed by atoms with Crippen LogP contribution in [0.5, 0.6) is 0 Å². The Morgan fingerprint density at radius 3 is 3.00 bits per heavy atom. The third-order valence-corrected chi connectivity index (χ3v) is 3.55. The molecule has 0 aliphatic carbocycles. The molecule has 0 aliphatic heterocycles. The molecule has 5 heteroatoms. The second kappa shape index (κ2) is 5.58. The van der Waals surface area contributed by atoms with E-state index in [1.165, 1.54) is 0 Å². The van der Waals surface area contributed by atoms with E-state index in [1.807, 2.05) is 54.1 Å². The Morgan fingerprint density at radius 2 is 2.19 bits per heavy atom. The maximum Gasteiger partial charge on any atom is 0.245 e. The molecule has 2 aromatic heterocycles. The predicted molar refractivity (Wildman–Crippen MR) is 84.6 cm³/mol. The van der Waals surface area contributed by atoms with Crippen LogP contribution in [0.1, 0.15) is 5.56 Å². The second-order valence-electron chi connectivity index (χ2n) is 4.86. The zero-order chi connectivity index (χ0) is 14.8. The first kappa shape index (κ1) is 13.6. The molecule has 0 saturated carbocycles. The van der Waals surface area contributed by atoms with Crippen LogP contribution in [0.15, 0.2) is 48.8 Å². The Labute approximate surface area is 127 Å². The van der Waals surface area contributed by atoms with Gasteiger partial charge in [-0.3, -0.25) is 4.79 Å². The molecule has 0 atom stereocenters. The number of aromatic nitrogens is 2. The van der Waals surface area contributed by atoms with Crippen molar-refractivity contribution in [1.82, 2.24) is 9.55 Å². The lowest BCUT2D eigenvalue weighted by Crippen LogP contribution is -2.19. The van der Waals surface area contributed by atoms with Crippen molar-refractivity contribution in [3.05, 3.63) is 59.4 Å². The number of nitrogens with zero attached hydrogens (tertiary/aromatic N) is 2. The number of amides is 1. The molecule has 1 aromatic carbocycles. The normalized spacial score (nSPS) is 10.8. The molecule has 106 valence electrons. The zero-order valence-corrected chi connectivity index (χ0v) is 12.3. The van der Waals surface area contributed by atoms with Gasteiger partial charge in [0, 0.05) is 22.9 Å². The van der Waals surface area contributed by atoms with Crippen LogP contribution in [-0.2, 0) is 11.3 Å². The van der Waals surface area contributed by atoms with Crippen LogP contribution in [0.3, 0.4) is 0 Å². The molecule has 2 heterocycles. The fourth-order valence-corrected chi connectivity index (χ4v) is 2.40. The van der Waals surface area contributed by atoms with Crippen molar-refractivity contribution in [2.75, 3.05) is 5.32 Å². The zero-order valence-electron chi connectivity index (χ0n) is 11.5. The topological polar surface area (TPSA) is 46.9 Å². The van der Waals surface area contributed by atoms with Crippen LogP contribution >= 0.6 is 11.6 Å². The van der Waals surface area contributed by atoms with E-state index >= 15 is 0 Å². The van der Waals surface area contributed by atoms with Crippen molar-refractivity contribution in [2.45, 2.75) is 13.5 Å². The maximum atomic E-state index is 12.2. The van der Waals surface area contributed by atoms with Crippen molar-refractivity contribution >= 4 is 34.2 Å². The average molecular weight is 300 g/mol. The number of hydrogen-bond acceptors (Lipinski definition) is 2. The monoisotopic (exact) mass is 299 g/mol. The molecule has 0 bridgehead atoms. The number of hydrogen-bond donors (Lipinski definition) is 1. The summed E-state index contributed by atoms with van der Waals surface area (Å²) >= 11 is 6.01. The Morgan fingerprint density at radius 1 is 1.33 bits per heavy atom. The van der Waals surface area contributed by atoms with Gasteiger partial charge in [0.1, 0.15) is 12.4 Å². The van der Waals surface area contributed by atoms with Gasteiger partial charge in [0.25, 0.3) is 0 Å². The van der Waals surface area contributed by atoms with E-state index < -0.39 is 0 Å².